The van der Waals surface area contributed by atoms with Crippen molar-refractivity contribution in [3.63, 3.8) is 0 Å². The Morgan fingerprint density at radius 2 is 1.77 bits per heavy atom. The summed E-state index contributed by atoms with van der Waals surface area (Å²) in [6.07, 6.45) is 0.636. The summed E-state index contributed by atoms with van der Waals surface area (Å²) in [5, 5.41) is 0. The molecular weight excluding hydrogens is 426 g/mol. The maximum atomic E-state index is 13.6. The Labute approximate surface area is 182 Å². The molecule has 0 saturated heterocycles. The van der Waals surface area contributed by atoms with Gasteiger partial charge >= 0.3 is 5.69 Å². The number of halogens is 1. The van der Waals surface area contributed by atoms with Gasteiger partial charge in [-0.3, -0.25) is 9.36 Å². The molecule has 0 N–H and O–H groups in total. The predicted molar refractivity (Wildman–Crippen MR) is 117 cm³/mol. The molecule has 0 bridgehead atoms. The van der Waals surface area contributed by atoms with Crippen LogP contribution in [0.3, 0.4) is 0 Å². The fourth-order valence-corrected chi connectivity index (χ4v) is 3.94. The zero-order valence-electron chi connectivity index (χ0n) is 18.2. The van der Waals surface area contributed by atoms with E-state index >= 15 is 0 Å². The molecule has 8 nitrogen and oxygen atoms in total. The van der Waals surface area contributed by atoms with Crippen molar-refractivity contribution >= 4 is 8.38 Å². The van der Waals surface area contributed by atoms with E-state index < -0.39 is 32.4 Å². The second kappa shape index (κ2) is 13.5. The lowest BCUT2D eigenvalue weighted by Gasteiger charge is -2.21. The van der Waals surface area contributed by atoms with E-state index in [-0.39, 0.29) is 26.2 Å². The molecule has 0 aliphatic carbocycles. The van der Waals surface area contributed by atoms with Gasteiger partial charge in [0, 0.05) is 11.8 Å². The highest BCUT2D eigenvalue weighted by Gasteiger charge is 2.18. The van der Waals surface area contributed by atoms with E-state index in [1.165, 1.54) is 10.8 Å². The van der Waals surface area contributed by atoms with Crippen molar-refractivity contribution in [2.45, 2.75) is 46.8 Å². The molecule has 2 rings (SSSR count). The first-order valence-corrected chi connectivity index (χ1v) is 11.5. The molecule has 1 heterocycles. The van der Waals surface area contributed by atoms with Crippen molar-refractivity contribution in [2.75, 3.05) is 26.2 Å². The summed E-state index contributed by atoms with van der Waals surface area (Å²) < 4.78 is 37.9. The SMILES string of the molecule is CCOP(COC(CF)Cn1cc(C)c(=O)n(COCc2ccccc2)c1=O)OCC. The van der Waals surface area contributed by atoms with Gasteiger partial charge in [-0.1, -0.05) is 30.3 Å². The summed E-state index contributed by atoms with van der Waals surface area (Å²) in [4.78, 5) is 25.2. The lowest BCUT2D eigenvalue weighted by molar-refractivity contribution is 0.0392. The lowest BCUT2D eigenvalue weighted by Crippen LogP contribution is -2.43. The number of nitrogens with zero attached hydrogens (tertiary/aromatic N) is 2. The molecule has 1 atom stereocenters. The van der Waals surface area contributed by atoms with E-state index in [1.54, 1.807) is 6.92 Å². The van der Waals surface area contributed by atoms with Gasteiger partial charge in [0.15, 0.2) is 8.38 Å². The number of benzene rings is 1. The summed E-state index contributed by atoms with van der Waals surface area (Å²) >= 11 is 0. The van der Waals surface area contributed by atoms with Gasteiger partial charge in [0.05, 0.1) is 26.4 Å². The van der Waals surface area contributed by atoms with E-state index in [1.807, 2.05) is 44.2 Å². The van der Waals surface area contributed by atoms with Crippen molar-refractivity contribution in [1.82, 2.24) is 9.13 Å². The first kappa shape index (κ1) is 25.4. The largest absolute Gasteiger partial charge is 0.364 e. The van der Waals surface area contributed by atoms with Crippen LogP contribution in [-0.4, -0.2) is 41.5 Å². The van der Waals surface area contributed by atoms with Gasteiger partial charge in [-0.15, -0.1) is 0 Å². The molecule has 1 aromatic carbocycles. The molecule has 0 aliphatic heterocycles. The van der Waals surface area contributed by atoms with Crippen LogP contribution < -0.4 is 11.2 Å². The second-order valence-corrected chi connectivity index (χ2v) is 8.12. The van der Waals surface area contributed by atoms with E-state index in [0.29, 0.717) is 18.8 Å². The second-order valence-electron chi connectivity index (χ2n) is 6.68. The number of aromatic nitrogens is 2. The Morgan fingerprint density at radius 1 is 1.10 bits per heavy atom. The molecule has 2 aromatic rings. The van der Waals surface area contributed by atoms with Gasteiger partial charge in [-0.2, -0.15) is 0 Å². The van der Waals surface area contributed by atoms with Gasteiger partial charge in [-0.25, -0.2) is 13.8 Å². The van der Waals surface area contributed by atoms with Gasteiger partial charge in [0.25, 0.3) is 5.56 Å². The molecule has 0 fully saturated rings. The Hall–Kier alpha value is -1.90. The van der Waals surface area contributed by atoms with Crippen LogP contribution >= 0.6 is 8.38 Å². The fraction of sp³-hybridized carbons (Fsp3) is 0.524. The average Bonchev–Trinajstić information content (AvgIpc) is 2.77. The van der Waals surface area contributed by atoms with Crippen LogP contribution in [0.1, 0.15) is 25.0 Å². The first-order chi connectivity index (χ1) is 15.0. The van der Waals surface area contributed by atoms with Crippen molar-refractivity contribution in [2.24, 2.45) is 0 Å². The third kappa shape index (κ3) is 7.94. The number of ether oxygens (including phenoxy) is 2. The summed E-state index contributed by atoms with van der Waals surface area (Å²) in [6, 6.07) is 9.43. The maximum Gasteiger partial charge on any atom is 0.333 e. The van der Waals surface area contributed by atoms with E-state index in [0.717, 1.165) is 10.1 Å². The minimum absolute atomic E-state index is 0.0451. The molecule has 31 heavy (non-hydrogen) atoms. The third-order valence-corrected chi connectivity index (χ3v) is 5.73. The molecular formula is C21H30FN2O6P. The number of hydrogen-bond donors (Lipinski definition) is 0. The van der Waals surface area contributed by atoms with Crippen molar-refractivity contribution < 1.29 is 22.9 Å². The minimum Gasteiger partial charge on any atom is -0.364 e. The van der Waals surface area contributed by atoms with Crippen LogP contribution in [0.15, 0.2) is 46.1 Å². The Bertz CT molecular complexity index is 899. The van der Waals surface area contributed by atoms with Gasteiger partial charge in [0.2, 0.25) is 0 Å². The smallest absolute Gasteiger partial charge is 0.333 e. The zero-order chi connectivity index (χ0) is 22.6. The lowest BCUT2D eigenvalue weighted by atomic mass is 10.2. The molecule has 1 aromatic heterocycles. The van der Waals surface area contributed by atoms with Crippen molar-refractivity contribution in [3.05, 3.63) is 68.5 Å². The number of aryl methyl sites for hydroxylation is 1. The molecule has 0 aliphatic rings. The molecule has 172 valence electrons. The topological polar surface area (TPSA) is 80.9 Å². The fourth-order valence-electron chi connectivity index (χ4n) is 2.80. The summed E-state index contributed by atoms with van der Waals surface area (Å²) in [6.45, 7) is 5.42. The standard InChI is InChI=1S/C21H30FN2O6P/c1-4-29-31(30-5-2)16-28-19(11-22)13-23-12-17(3)20(25)24(21(23)26)15-27-14-18-9-7-6-8-10-18/h6-10,12,19H,4-5,11,13-16H2,1-3H3. The molecule has 0 amide bonds. The maximum absolute atomic E-state index is 13.6. The van der Waals surface area contributed by atoms with Crippen molar-refractivity contribution in [3.8, 4) is 0 Å². The third-order valence-electron chi connectivity index (χ3n) is 4.27. The van der Waals surface area contributed by atoms with Crippen molar-refractivity contribution in [1.29, 1.82) is 0 Å². The Balaban J connectivity index is 2.07. The first-order valence-electron chi connectivity index (χ1n) is 10.1. The minimum atomic E-state index is -1.28. The van der Waals surface area contributed by atoms with Gasteiger partial charge < -0.3 is 18.5 Å². The number of rotatable bonds is 14. The van der Waals surface area contributed by atoms with Crippen LogP contribution in [0.25, 0.3) is 0 Å². The van der Waals surface area contributed by atoms with E-state index in [9.17, 15) is 14.0 Å². The summed E-state index contributed by atoms with van der Waals surface area (Å²) in [7, 11) is -1.28. The Morgan fingerprint density at radius 3 is 2.39 bits per heavy atom. The van der Waals surface area contributed by atoms with E-state index in [4.69, 9.17) is 18.5 Å². The molecule has 10 heteroatoms. The normalized spacial score (nSPS) is 12.4. The van der Waals surface area contributed by atoms with Gasteiger partial charge in [0.1, 0.15) is 25.9 Å². The predicted octanol–water partition coefficient (Wildman–Crippen LogP) is 3.19. The highest BCUT2D eigenvalue weighted by atomic mass is 31.2. The van der Waals surface area contributed by atoms with Crippen LogP contribution in [0.4, 0.5) is 4.39 Å². The molecule has 1 unspecified atom stereocenters. The number of hydrogen-bond acceptors (Lipinski definition) is 6. The summed E-state index contributed by atoms with van der Waals surface area (Å²) in [5.74, 6) is 0. The van der Waals surface area contributed by atoms with E-state index in [2.05, 4.69) is 0 Å². The van der Waals surface area contributed by atoms with Crippen LogP contribution in [0.2, 0.25) is 0 Å². The van der Waals surface area contributed by atoms with Crippen LogP contribution in [0, 0.1) is 6.92 Å². The molecule has 0 spiro atoms. The van der Waals surface area contributed by atoms with Crippen LogP contribution in [0.5, 0.6) is 0 Å². The highest BCUT2D eigenvalue weighted by molar-refractivity contribution is 7.47. The molecule has 0 saturated carbocycles. The monoisotopic (exact) mass is 456 g/mol. The molecule has 0 radical (unpaired) electrons. The van der Waals surface area contributed by atoms with Gasteiger partial charge in [-0.05, 0) is 26.3 Å². The zero-order valence-corrected chi connectivity index (χ0v) is 19.1. The number of alkyl halides is 1. The van der Waals surface area contributed by atoms with Crippen LogP contribution in [-0.2, 0) is 38.4 Å². The average molecular weight is 456 g/mol. The highest BCUT2D eigenvalue weighted by Crippen LogP contribution is 2.38. The Kier molecular flexibility index (Phi) is 11.0. The quantitative estimate of drug-likeness (QED) is 0.406. The summed E-state index contributed by atoms with van der Waals surface area (Å²) in [5.41, 5.74) is 0.256.